The van der Waals surface area contributed by atoms with Gasteiger partial charge in [-0.2, -0.15) is 0 Å². The third-order valence-corrected chi connectivity index (χ3v) is 2.62. The Morgan fingerprint density at radius 3 is 2.33 bits per heavy atom. The van der Waals surface area contributed by atoms with Gasteiger partial charge in [0.1, 0.15) is 0 Å². The van der Waals surface area contributed by atoms with E-state index in [0.717, 1.165) is 6.42 Å². The maximum Gasteiger partial charge on any atom is 0.220 e. The SMILES string of the molecule is CCC(C)C(O)(CC)CC(N)=O. The quantitative estimate of drug-likeness (QED) is 0.652. The van der Waals surface area contributed by atoms with E-state index in [4.69, 9.17) is 5.73 Å². The molecule has 0 saturated carbocycles. The van der Waals surface area contributed by atoms with Crippen molar-refractivity contribution in [1.82, 2.24) is 0 Å². The van der Waals surface area contributed by atoms with E-state index in [1.165, 1.54) is 0 Å². The summed E-state index contributed by atoms with van der Waals surface area (Å²) >= 11 is 0. The molecule has 0 saturated heterocycles. The first-order valence-corrected chi connectivity index (χ1v) is 4.47. The van der Waals surface area contributed by atoms with E-state index in [1.54, 1.807) is 0 Å². The number of hydrogen-bond donors (Lipinski definition) is 2. The van der Waals surface area contributed by atoms with E-state index in [0.29, 0.717) is 6.42 Å². The Balaban J connectivity index is 4.32. The second-order valence-corrected chi connectivity index (χ2v) is 3.41. The molecule has 0 radical (unpaired) electrons. The number of nitrogens with two attached hydrogens (primary N) is 1. The van der Waals surface area contributed by atoms with Gasteiger partial charge in [-0.3, -0.25) is 4.79 Å². The number of primary amides is 1. The summed E-state index contributed by atoms with van der Waals surface area (Å²) in [4.78, 5) is 10.7. The predicted molar refractivity (Wildman–Crippen MR) is 48.5 cm³/mol. The fourth-order valence-corrected chi connectivity index (χ4v) is 1.33. The Bertz CT molecular complexity index is 159. The van der Waals surface area contributed by atoms with Crippen LogP contribution in [0.4, 0.5) is 0 Å². The van der Waals surface area contributed by atoms with Gasteiger partial charge in [0.2, 0.25) is 5.91 Å². The molecule has 0 aliphatic heterocycles. The molecule has 3 N–H and O–H groups in total. The van der Waals surface area contributed by atoms with Crippen molar-refractivity contribution in [2.24, 2.45) is 11.7 Å². The second-order valence-electron chi connectivity index (χ2n) is 3.41. The van der Waals surface area contributed by atoms with Crippen LogP contribution in [0.5, 0.6) is 0 Å². The molecule has 0 aliphatic carbocycles. The second kappa shape index (κ2) is 4.45. The van der Waals surface area contributed by atoms with Crippen molar-refractivity contribution < 1.29 is 9.90 Å². The van der Waals surface area contributed by atoms with Crippen LogP contribution in [0, 0.1) is 5.92 Å². The van der Waals surface area contributed by atoms with E-state index in [9.17, 15) is 9.90 Å². The fraction of sp³-hybridized carbons (Fsp3) is 0.889. The number of carbonyl (C=O) groups is 1. The zero-order chi connectivity index (χ0) is 9.78. The zero-order valence-electron chi connectivity index (χ0n) is 8.13. The highest BCUT2D eigenvalue weighted by atomic mass is 16.3. The van der Waals surface area contributed by atoms with Crippen molar-refractivity contribution >= 4 is 5.91 Å². The highest BCUT2D eigenvalue weighted by molar-refractivity contribution is 5.74. The molecular formula is C9H19NO2. The molecule has 1 amide bonds. The minimum atomic E-state index is -0.902. The molecule has 2 unspecified atom stereocenters. The van der Waals surface area contributed by atoms with Gasteiger partial charge in [-0.1, -0.05) is 27.2 Å². The maximum absolute atomic E-state index is 10.7. The molecule has 0 rings (SSSR count). The summed E-state index contributed by atoms with van der Waals surface area (Å²) in [6, 6.07) is 0. The van der Waals surface area contributed by atoms with Gasteiger partial charge in [0, 0.05) is 0 Å². The van der Waals surface area contributed by atoms with Crippen LogP contribution in [0.3, 0.4) is 0 Å². The van der Waals surface area contributed by atoms with Crippen molar-refractivity contribution in [2.45, 2.75) is 45.6 Å². The molecule has 0 fully saturated rings. The molecule has 0 heterocycles. The van der Waals surface area contributed by atoms with Gasteiger partial charge < -0.3 is 10.8 Å². The predicted octanol–water partition coefficient (Wildman–Crippen LogP) is 1.05. The van der Waals surface area contributed by atoms with Crippen molar-refractivity contribution in [3.05, 3.63) is 0 Å². The van der Waals surface area contributed by atoms with Crippen LogP contribution in [-0.4, -0.2) is 16.6 Å². The first kappa shape index (κ1) is 11.4. The molecule has 3 heteroatoms. The number of aliphatic hydroxyl groups is 1. The van der Waals surface area contributed by atoms with Gasteiger partial charge in [0.05, 0.1) is 12.0 Å². The first-order chi connectivity index (χ1) is 5.46. The summed E-state index contributed by atoms with van der Waals surface area (Å²) in [5, 5.41) is 9.96. The van der Waals surface area contributed by atoms with E-state index in [-0.39, 0.29) is 12.3 Å². The van der Waals surface area contributed by atoms with Crippen LogP contribution < -0.4 is 5.73 Å². The number of carbonyl (C=O) groups excluding carboxylic acids is 1. The lowest BCUT2D eigenvalue weighted by molar-refractivity contribution is -0.125. The average molecular weight is 173 g/mol. The molecule has 0 bridgehead atoms. The third-order valence-electron chi connectivity index (χ3n) is 2.62. The number of hydrogen-bond acceptors (Lipinski definition) is 2. The van der Waals surface area contributed by atoms with Gasteiger partial charge in [0.25, 0.3) is 0 Å². The van der Waals surface area contributed by atoms with Crippen LogP contribution in [0.25, 0.3) is 0 Å². The van der Waals surface area contributed by atoms with Crippen LogP contribution in [0.1, 0.15) is 40.0 Å². The van der Waals surface area contributed by atoms with Crippen molar-refractivity contribution in [1.29, 1.82) is 0 Å². The molecule has 12 heavy (non-hydrogen) atoms. The smallest absolute Gasteiger partial charge is 0.220 e. The Morgan fingerprint density at radius 1 is 1.58 bits per heavy atom. The monoisotopic (exact) mass is 173 g/mol. The summed E-state index contributed by atoms with van der Waals surface area (Å²) in [6.07, 6.45) is 1.50. The Kier molecular flexibility index (Phi) is 4.24. The summed E-state index contributed by atoms with van der Waals surface area (Å²) in [5.74, 6) is -0.311. The Morgan fingerprint density at radius 2 is 2.08 bits per heavy atom. The Hall–Kier alpha value is -0.570. The van der Waals surface area contributed by atoms with Crippen LogP contribution in [0.2, 0.25) is 0 Å². The molecular weight excluding hydrogens is 154 g/mol. The van der Waals surface area contributed by atoms with Crippen molar-refractivity contribution in [2.75, 3.05) is 0 Å². The summed E-state index contributed by atoms with van der Waals surface area (Å²) in [7, 11) is 0. The van der Waals surface area contributed by atoms with E-state index < -0.39 is 11.5 Å². The summed E-state index contributed by atoms with van der Waals surface area (Å²) < 4.78 is 0. The van der Waals surface area contributed by atoms with Crippen molar-refractivity contribution in [3.63, 3.8) is 0 Å². The van der Waals surface area contributed by atoms with E-state index in [2.05, 4.69) is 0 Å². The standard InChI is InChI=1S/C9H19NO2/c1-4-7(3)9(12,5-2)6-8(10)11/h7,12H,4-6H2,1-3H3,(H2,10,11). The third kappa shape index (κ3) is 2.81. The number of rotatable bonds is 5. The maximum atomic E-state index is 10.7. The van der Waals surface area contributed by atoms with E-state index >= 15 is 0 Å². The molecule has 0 aromatic rings. The van der Waals surface area contributed by atoms with Crippen LogP contribution in [0.15, 0.2) is 0 Å². The molecule has 0 spiro atoms. The molecule has 3 nitrogen and oxygen atoms in total. The number of amides is 1. The van der Waals surface area contributed by atoms with Gasteiger partial charge in [0.15, 0.2) is 0 Å². The molecule has 0 aliphatic rings. The van der Waals surface area contributed by atoms with Gasteiger partial charge >= 0.3 is 0 Å². The first-order valence-electron chi connectivity index (χ1n) is 4.47. The zero-order valence-corrected chi connectivity index (χ0v) is 8.13. The van der Waals surface area contributed by atoms with Crippen molar-refractivity contribution in [3.8, 4) is 0 Å². The minimum Gasteiger partial charge on any atom is -0.389 e. The normalized spacial score (nSPS) is 18.3. The minimum absolute atomic E-state index is 0.0680. The largest absolute Gasteiger partial charge is 0.389 e. The molecule has 2 atom stereocenters. The van der Waals surface area contributed by atoms with Crippen LogP contribution in [-0.2, 0) is 4.79 Å². The lowest BCUT2D eigenvalue weighted by atomic mass is 9.82. The Labute approximate surface area is 74.0 Å². The lowest BCUT2D eigenvalue weighted by Crippen LogP contribution is -2.39. The summed E-state index contributed by atoms with van der Waals surface area (Å²) in [6.45, 7) is 5.80. The van der Waals surface area contributed by atoms with E-state index in [1.807, 2.05) is 20.8 Å². The topological polar surface area (TPSA) is 63.3 Å². The highest BCUT2D eigenvalue weighted by Gasteiger charge is 2.32. The van der Waals surface area contributed by atoms with Crippen LogP contribution >= 0.6 is 0 Å². The molecule has 0 aromatic carbocycles. The highest BCUT2D eigenvalue weighted by Crippen LogP contribution is 2.27. The average Bonchev–Trinajstić information content (AvgIpc) is 2.01. The molecule has 0 aromatic heterocycles. The van der Waals surface area contributed by atoms with Gasteiger partial charge in [-0.25, -0.2) is 0 Å². The molecule has 72 valence electrons. The van der Waals surface area contributed by atoms with Gasteiger partial charge in [-0.15, -0.1) is 0 Å². The lowest BCUT2D eigenvalue weighted by Gasteiger charge is -2.31. The fourth-order valence-electron chi connectivity index (χ4n) is 1.33. The summed E-state index contributed by atoms with van der Waals surface area (Å²) in [5.41, 5.74) is 4.15. The van der Waals surface area contributed by atoms with Gasteiger partial charge in [-0.05, 0) is 12.3 Å².